The zero-order valence-corrected chi connectivity index (χ0v) is 19.3. The first-order valence-corrected chi connectivity index (χ1v) is 11.6. The van der Waals surface area contributed by atoms with Gasteiger partial charge in [-0.3, -0.25) is 4.79 Å². The van der Waals surface area contributed by atoms with Crippen molar-refractivity contribution in [3.8, 4) is 27.7 Å². The Kier molecular flexibility index (Phi) is 5.45. The van der Waals surface area contributed by atoms with E-state index in [2.05, 4.69) is 28.8 Å². The van der Waals surface area contributed by atoms with E-state index in [1.807, 2.05) is 59.6 Å². The summed E-state index contributed by atoms with van der Waals surface area (Å²) < 4.78 is 7.42. The summed E-state index contributed by atoms with van der Waals surface area (Å²) in [6.07, 6.45) is 3.01. The fraction of sp³-hybridized carbons (Fsp3) is 0.280. The molecule has 1 fully saturated rings. The Morgan fingerprint density at radius 1 is 1.19 bits per heavy atom. The number of likely N-dealkylation sites (tertiary alicyclic amines) is 1. The standard InChI is InChI=1S/C25H26N4O2S/c1-27(2)18-10-12-28(15-18)25(30)20-14-23(29-11-5-4-9-22(20)29)21-16-32-24(26-21)17-7-6-8-19(13-17)31-3/h4-9,11,13-14,16,18H,10,12,15H2,1-3H3. The summed E-state index contributed by atoms with van der Waals surface area (Å²) in [6, 6.07) is 16.3. The van der Waals surface area contributed by atoms with Crippen LogP contribution in [0.25, 0.3) is 27.5 Å². The molecule has 1 saturated heterocycles. The highest BCUT2D eigenvalue weighted by Crippen LogP contribution is 2.33. The highest BCUT2D eigenvalue weighted by atomic mass is 32.1. The molecule has 32 heavy (non-hydrogen) atoms. The predicted molar refractivity (Wildman–Crippen MR) is 128 cm³/mol. The Hall–Kier alpha value is -3.16. The van der Waals surface area contributed by atoms with Crippen LogP contribution in [0.3, 0.4) is 0 Å². The summed E-state index contributed by atoms with van der Waals surface area (Å²) in [5.41, 5.74) is 4.45. The van der Waals surface area contributed by atoms with Gasteiger partial charge in [-0.15, -0.1) is 11.3 Å². The summed E-state index contributed by atoms with van der Waals surface area (Å²) in [4.78, 5) is 22.5. The van der Waals surface area contributed by atoms with Crippen molar-refractivity contribution in [2.75, 3.05) is 34.3 Å². The molecule has 0 saturated carbocycles. The van der Waals surface area contributed by atoms with Crippen LogP contribution in [0.2, 0.25) is 0 Å². The maximum atomic E-state index is 13.4. The van der Waals surface area contributed by atoms with E-state index in [4.69, 9.17) is 9.72 Å². The van der Waals surface area contributed by atoms with Gasteiger partial charge in [-0.2, -0.15) is 0 Å². The van der Waals surface area contributed by atoms with E-state index in [9.17, 15) is 4.79 Å². The van der Waals surface area contributed by atoms with Crippen LogP contribution in [0, 0.1) is 0 Å². The van der Waals surface area contributed by atoms with Gasteiger partial charge >= 0.3 is 0 Å². The van der Waals surface area contributed by atoms with Gasteiger partial charge in [-0.05, 0) is 50.8 Å². The number of fused-ring (bicyclic) bond motifs is 1. The predicted octanol–water partition coefficient (Wildman–Crippen LogP) is 4.51. The number of likely N-dealkylation sites (N-methyl/N-ethyl adjacent to an activating group) is 1. The lowest BCUT2D eigenvalue weighted by molar-refractivity contribution is 0.0785. The van der Waals surface area contributed by atoms with Crippen LogP contribution >= 0.6 is 11.3 Å². The fourth-order valence-corrected chi connectivity index (χ4v) is 5.13. The van der Waals surface area contributed by atoms with Gasteiger partial charge in [0.15, 0.2) is 0 Å². The molecule has 0 aliphatic carbocycles. The minimum atomic E-state index is 0.0903. The van der Waals surface area contributed by atoms with Crippen LogP contribution in [-0.2, 0) is 0 Å². The number of methoxy groups -OCH3 is 1. The van der Waals surface area contributed by atoms with Gasteiger partial charge in [0, 0.05) is 36.3 Å². The second-order valence-electron chi connectivity index (χ2n) is 8.33. The second kappa shape index (κ2) is 8.41. The molecule has 164 valence electrons. The van der Waals surface area contributed by atoms with Crippen LogP contribution in [0.15, 0.2) is 60.1 Å². The van der Waals surface area contributed by atoms with Crippen molar-refractivity contribution in [1.82, 2.24) is 19.2 Å². The quantitative estimate of drug-likeness (QED) is 0.453. The number of carbonyl (C=O) groups excluding carboxylic acids is 1. The molecular weight excluding hydrogens is 420 g/mol. The Morgan fingerprint density at radius 3 is 2.84 bits per heavy atom. The molecule has 1 aromatic carbocycles. The van der Waals surface area contributed by atoms with E-state index < -0.39 is 0 Å². The first-order valence-electron chi connectivity index (χ1n) is 10.7. The molecule has 6 nitrogen and oxygen atoms in total. The molecule has 1 atom stereocenters. The van der Waals surface area contributed by atoms with E-state index >= 15 is 0 Å². The summed E-state index contributed by atoms with van der Waals surface area (Å²) in [7, 11) is 5.82. The summed E-state index contributed by atoms with van der Waals surface area (Å²) >= 11 is 1.59. The summed E-state index contributed by atoms with van der Waals surface area (Å²) in [5.74, 6) is 0.898. The first kappa shape index (κ1) is 20.7. The molecule has 1 amide bonds. The number of hydrogen-bond acceptors (Lipinski definition) is 5. The van der Waals surface area contributed by atoms with Crippen molar-refractivity contribution in [2.24, 2.45) is 0 Å². The molecule has 1 aliphatic heterocycles. The molecule has 4 aromatic rings. The fourth-order valence-electron chi connectivity index (χ4n) is 4.32. The lowest BCUT2D eigenvalue weighted by Gasteiger charge is -2.20. The van der Waals surface area contributed by atoms with Crippen molar-refractivity contribution in [3.05, 3.63) is 65.7 Å². The Morgan fingerprint density at radius 2 is 2.06 bits per heavy atom. The van der Waals surface area contributed by atoms with Gasteiger partial charge in [0.1, 0.15) is 10.8 Å². The third-order valence-corrected chi connectivity index (χ3v) is 7.06. The number of amides is 1. The smallest absolute Gasteiger partial charge is 0.256 e. The number of rotatable bonds is 5. The van der Waals surface area contributed by atoms with Crippen molar-refractivity contribution in [1.29, 1.82) is 0 Å². The Labute approximate surface area is 191 Å². The van der Waals surface area contributed by atoms with E-state index in [1.165, 1.54) is 0 Å². The number of thiazole rings is 1. The van der Waals surface area contributed by atoms with E-state index in [-0.39, 0.29) is 5.91 Å². The molecule has 1 aliphatic rings. The Bertz CT molecular complexity index is 1280. The summed E-state index contributed by atoms with van der Waals surface area (Å²) in [5, 5.41) is 2.97. The number of hydrogen-bond donors (Lipinski definition) is 0. The molecule has 4 heterocycles. The van der Waals surface area contributed by atoms with Crippen molar-refractivity contribution < 1.29 is 9.53 Å². The normalized spacial score (nSPS) is 16.2. The van der Waals surface area contributed by atoms with Gasteiger partial charge < -0.3 is 18.9 Å². The van der Waals surface area contributed by atoms with Crippen LogP contribution in [0.4, 0.5) is 0 Å². The largest absolute Gasteiger partial charge is 0.497 e. The minimum Gasteiger partial charge on any atom is -0.497 e. The monoisotopic (exact) mass is 446 g/mol. The van der Waals surface area contributed by atoms with Gasteiger partial charge in [0.25, 0.3) is 5.91 Å². The molecule has 0 N–H and O–H groups in total. The topological polar surface area (TPSA) is 50.1 Å². The molecule has 7 heteroatoms. The third kappa shape index (κ3) is 3.67. The maximum Gasteiger partial charge on any atom is 0.256 e. The van der Waals surface area contributed by atoms with E-state index in [0.717, 1.165) is 58.3 Å². The van der Waals surface area contributed by atoms with Crippen molar-refractivity contribution >= 4 is 22.8 Å². The molecular formula is C25H26N4O2S. The van der Waals surface area contributed by atoms with Gasteiger partial charge in [-0.1, -0.05) is 18.2 Å². The Balaban J connectivity index is 1.51. The lowest BCUT2D eigenvalue weighted by atomic mass is 10.2. The number of ether oxygens (including phenoxy) is 1. The number of nitrogens with zero attached hydrogens (tertiary/aromatic N) is 4. The van der Waals surface area contributed by atoms with Gasteiger partial charge in [0.05, 0.1) is 29.6 Å². The highest BCUT2D eigenvalue weighted by molar-refractivity contribution is 7.13. The van der Waals surface area contributed by atoms with Gasteiger partial charge in [0.2, 0.25) is 0 Å². The minimum absolute atomic E-state index is 0.0903. The van der Waals surface area contributed by atoms with Crippen LogP contribution < -0.4 is 4.74 Å². The first-order chi connectivity index (χ1) is 15.5. The molecule has 3 aromatic heterocycles. The average molecular weight is 447 g/mol. The third-order valence-electron chi connectivity index (χ3n) is 6.17. The number of carbonyl (C=O) groups is 1. The van der Waals surface area contributed by atoms with E-state index in [0.29, 0.717) is 6.04 Å². The molecule has 0 bridgehead atoms. The molecule has 5 rings (SSSR count). The van der Waals surface area contributed by atoms with Crippen LogP contribution in [-0.4, -0.2) is 65.4 Å². The molecule has 0 radical (unpaired) electrons. The summed E-state index contributed by atoms with van der Waals surface area (Å²) in [6.45, 7) is 1.56. The van der Waals surface area contributed by atoms with Crippen LogP contribution in [0.1, 0.15) is 16.8 Å². The lowest BCUT2D eigenvalue weighted by Crippen LogP contribution is -2.34. The molecule has 0 spiro atoms. The maximum absolute atomic E-state index is 13.4. The highest BCUT2D eigenvalue weighted by Gasteiger charge is 2.30. The zero-order chi connectivity index (χ0) is 22.2. The second-order valence-corrected chi connectivity index (χ2v) is 9.18. The van der Waals surface area contributed by atoms with Crippen molar-refractivity contribution in [2.45, 2.75) is 12.5 Å². The SMILES string of the molecule is COc1cccc(-c2nc(-c3cc(C(=O)N4CCC(N(C)C)C4)c4ccccn34)cs2)c1. The number of aromatic nitrogens is 2. The van der Waals surface area contributed by atoms with Crippen molar-refractivity contribution in [3.63, 3.8) is 0 Å². The van der Waals surface area contributed by atoms with E-state index in [1.54, 1.807) is 18.4 Å². The zero-order valence-electron chi connectivity index (χ0n) is 18.5. The van der Waals surface area contributed by atoms with Crippen LogP contribution in [0.5, 0.6) is 5.75 Å². The number of benzene rings is 1. The van der Waals surface area contributed by atoms with Gasteiger partial charge in [-0.25, -0.2) is 4.98 Å². The number of pyridine rings is 1. The molecule has 1 unspecified atom stereocenters. The average Bonchev–Trinajstić information content (AvgIpc) is 3.57.